The van der Waals surface area contributed by atoms with Gasteiger partial charge in [-0.05, 0) is 6.92 Å². The zero-order chi connectivity index (χ0) is 17.5. The first-order chi connectivity index (χ1) is 11.2. The summed E-state index contributed by atoms with van der Waals surface area (Å²) >= 11 is 2.90. The number of carbonyl (C=O) groups excluding carboxylic acids is 1. The van der Waals surface area contributed by atoms with Crippen LogP contribution in [0.4, 0.5) is 5.13 Å². The van der Waals surface area contributed by atoms with Crippen LogP contribution in [-0.2, 0) is 16.8 Å². The molecule has 1 atom stereocenters. The lowest BCUT2D eigenvalue weighted by Crippen LogP contribution is -2.37. The maximum Gasteiger partial charge on any atom is 0.254 e. The van der Waals surface area contributed by atoms with Crippen LogP contribution in [0.25, 0.3) is 0 Å². The minimum Gasteiger partial charge on any atom is -0.302 e. The number of rotatable bonds is 2. The molecule has 0 fully saturated rings. The van der Waals surface area contributed by atoms with Crippen molar-refractivity contribution in [2.75, 3.05) is 11.1 Å². The summed E-state index contributed by atoms with van der Waals surface area (Å²) in [5.41, 5.74) is 0.513. The summed E-state index contributed by atoms with van der Waals surface area (Å²) in [5.74, 6) is 0.233. The third kappa shape index (κ3) is 3.54. The number of aryl methyl sites for hydroxylation is 1. The van der Waals surface area contributed by atoms with Gasteiger partial charge < -0.3 is 5.32 Å². The fourth-order valence-electron chi connectivity index (χ4n) is 2.37. The minimum atomic E-state index is -0.272. The second-order valence-corrected chi connectivity index (χ2v) is 9.12. The van der Waals surface area contributed by atoms with E-state index in [0.717, 1.165) is 10.6 Å². The Hall–Kier alpha value is -1.67. The number of fused-ring (bicyclic) bond motifs is 1. The number of hydrogen-bond donors (Lipinski definition) is 1. The fraction of sp³-hybridized carbons (Fsp3) is 0.500. The van der Waals surface area contributed by atoms with Gasteiger partial charge in [-0.25, -0.2) is 9.97 Å². The number of thiazole rings is 1. The smallest absolute Gasteiger partial charge is 0.254 e. The Morgan fingerprint density at radius 3 is 2.79 bits per heavy atom. The topological polar surface area (TPSA) is 76.9 Å². The molecule has 3 heterocycles. The van der Waals surface area contributed by atoms with Crippen LogP contribution in [0.5, 0.6) is 0 Å². The summed E-state index contributed by atoms with van der Waals surface area (Å²) in [5, 5.41) is 4.13. The number of amides is 1. The van der Waals surface area contributed by atoms with Crippen LogP contribution in [0.2, 0.25) is 0 Å². The van der Waals surface area contributed by atoms with Gasteiger partial charge in [0.05, 0.1) is 11.6 Å². The fourth-order valence-corrected chi connectivity index (χ4v) is 4.13. The molecular formula is C16H20N4O2S2. The van der Waals surface area contributed by atoms with Gasteiger partial charge in [-0.15, -0.1) is 11.3 Å². The molecule has 1 aliphatic heterocycles. The predicted molar refractivity (Wildman–Crippen MR) is 96.9 cm³/mol. The predicted octanol–water partition coefficient (Wildman–Crippen LogP) is 2.67. The van der Waals surface area contributed by atoms with E-state index in [1.165, 1.54) is 23.1 Å². The zero-order valence-corrected chi connectivity index (χ0v) is 15.8. The third-order valence-electron chi connectivity index (χ3n) is 3.78. The largest absolute Gasteiger partial charge is 0.302 e. The molecule has 8 heteroatoms. The molecule has 6 nitrogen and oxygen atoms in total. The van der Waals surface area contributed by atoms with Gasteiger partial charge in [-0.1, -0.05) is 32.5 Å². The molecule has 128 valence electrons. The second kappa shape index (κ2) is 6.33. The van der Waals surface area contributed by atoms with E-state index in [1.54, 1.807) is 16.8 Å². The van der Waals surface area contributed by atoms with Crippen molar-refractivity contribution < 1.29 is 4.79 Å². The number of hydrogen-bond acceptors (Lipinski definition) is 6. The highest BCUT2D eigenvalue weighted by molar-refractivity contribution is 7.99. The summed E-state index contributed by atoms with van der Waals surface area (Å²) < 4.78 is 1.60. The van der Waals surface area contributed by atoms with E-state index >= 15 is 0 Å². The normalized spacial score (nSPS) is 17.4. The number of anilines is 1. The molecule has 0 bridgehead atoms. The zero-order valence-electron chi connectivity index (χ0n) is 14.1. The van der Waals surface area contributed by atoms with Crippen molar-refractivity contribution in [3.63, 3.8) is 0 Å². The molecule has 0 unspecified atom stereocenters. The molecule has 1 N–H and O–H groups in total. The lowest BCUT2D eigenvalue weighted by Gasteiger charge is -2.26. The molecule has 24 heavy (non-hydrogen) atoms. The van der Waals surface area contributed by atoms with Gasteiger partial charge in [-0.3, -0.25) is 14.2 Å². The molecular weight excluding hydrogens is 344 g/mol. The van der Waals surface area contributed by atoms with Crippen molar-refractivity contribution in [1.29, 1.82) is 0 Å². The number of aromatic nitrogens is 3. The summed E-state index contributed by atoms with van der Waals surface area (Å²) in [6.07, 6.45) is 1.73. The quantitative estimate of drug-likeness (QED) is 0.829. The van der Waals surface area contributed by atoms with E-state index < -0.39 is 0 Å². The summed E-state index contributed by atoms with van der Waals surface area (Å²) in [4.78, 5) is 34.7. The lowest BCUT2D eigenvalue weighted by molar-refractivity contribution is -0.119. The molecule has 0 saturated carbocycles. The van der Waals surface area contributed by atoms with Crippen LogP contribution in [0, 0.1) is 12.8 Å². The van der Waals surface area contributed by atoms with Gasteiger partial charge >= 0.3 is 0 Å². The molecule has 1 amide bonds. The Labute approximate surface area is 148 Å². The Balaban J connectivity index is 1.79. The summed E-state index contributed by atoms with van der Waals surface area (Å²) in [7, 11) is 0. The maximum atomic E-state index is 12.4. The van der Waals surface area contributed by atoms with Crippen LogP contribution < -0.4 is 10.9 Å². The lowest BCUT2D eigenvalue weighted by atomic mass is 9.92. The summed E-state index contributed by atoms with van der Waals surface area (Å²) in [6.45, 7) is 8.40. The van der Waals surface area contributed by atoms with Gasteiger partial charge in [0.15, 0.2) is 10.3 Å². The Morgan fingerprint density at radius 2 is 2.17 bits per heavy atom. The molecule has 0 saturated heterocycles. The van der Waals surface area contributed by atoms with Crippen LogP contribution in [0.1, 0.15) is 31.3 Å². The molecule has 2 aromatic heterocycles. The number of carbonyl (C=O) groups is 1. The van der Waals surface area contributed by atoms with Gasteiger partial charge in [0.1, 0.15) is 0 Å². The average molecular weight is 364 g/mol. The molecule has 0 aliphatic carbocycles. The van der Waals surface area contributed by atoms with Crippen molar-refractivity contribution in [3.05, 3.63) is 33.2 Å². The van der Waals surface area contributed by atoms with Gasteiger partial charge in [0, 0.05) is 34.9 Å². The number of nitrogens with zero attached hydrogens (tertiary/aromatic N) is 3. The van der Waals surface area contributed by atoms with E-state index in [2.05, 4.69) is 15.3 Å². The van der Waals surface area contributed by atoms with E-state index in [0.29, 0.717) is 22.6 Å². The van der Waals surface area contributed by atoms with Gasteiger partial charge in [0.25, 0.3) is 5.56 Å². The first kappa shape index (κ1) is 17.2. The third-order valence-corrected chi connectivity index (χ3v) is 5.75. The van der Waals surface area contributed by atoms with Crippen molar-refractivity contribution in [2.45, 2.75) is 44.8 Å². The Morgan fingerprint density at radius 1 is 1.42 bits per heavy atom. The van der Waals surface area contributed by atoms with E-state index in [4.69, 9.17) is 0 Å². The Kier molecular flexibility index (Phi) is 4.52. The first-order valence-corrected chi connectivity index (χ1v) is 9.53. The maximum absolute atomic E-state index is 12.4. The molecule has 0 spiro atoms. The standard InChI is InChI=1S/C16H20N4O2S2/c1-9-6-17-14(24-9)19-13(22)10-7-20-12(21)5-11(16(2,3)4)18-15(20)23-8-10/h5-6,10H,7-8H2,1-4H3,(H,17,19,22)/t10-/m1/s1. The number of nitrogens with one attached hydrogen (secondary N) is 1. The highest BCUT2D eigenvalue weighted by Crippen LogP contribution is 2.28. The molecule has 0 radical (unpaired) electrons. The van der Waals surface area contributed by atoms with Gasteiger partial charge in [0.2, 0.25) is 5.91 Å². The highest BCUT2D eigenvalue weighted by Gasteiger charge is 2.29. The van der Waals surface area contributed by atoms with Crippen molar-refractivity contribution in [1.82, 2.24) is 14.5 Å². The van der Waals surface area contributed by atoms with Crippen molar-refractivity contribution >= 4 is 34.1 Å². The van der Waals surface area contributed by atoms with E-state index in [-0.39, 0.29) is 22.8 Å². The Bertz CT molecular complexity index is 835. The van der Waals surface area contributed by atoms with Crippen molar-refractivity contribution in [2.24, 2.45) is 5.92 Å². The van der Waals surface area contributed by atoms with Crippen LogP contribution >= 0.6 is 23.1 Å². The average Bonchev–Trinajstić information content (AvgIpc) is 2.91. The highest BCUT2D eigenvalue weighted by atomic mass is 32.2. The first-order valence-electron chi connectivity index (χ1n) is 7.72. The molecule has 3 rings (SSSR count). The van der Waals surface area contributed by atoms with Gasteiger partial charge in [-0.2, -0.15) is 0 Å². The second-order valence-electron chi connectivity index (χ2n) is 6.90. The van der Waals surface area contributed by atoms with Crippen LogP contribution in [0.15, 0.2) is 22.2 Å². The number of thioether (sulfide) groups is 1. The summed E-state index contributed by atoms with van der Waals surface area (Å²) in [6, 6.07) is 1.58. The SMILES string of the molecule is Cc1cnc(NC(=O)[C@H]2CSc3nc(C(C)(C)C)cc(=O)n3C2)s1. The van der Waals surface area contributed by atoms with Crippen molar-refractivity contribution in [3.8, 4) is 0 Å². The monoisotopic (exact) mass is 364 g/mol. The molecule has 1 aliphatic rings. The molecule has 2 aromatic rings. The minimum absolute atomic E-state index is 0.0972. The van der Waals surface area contributed by atoms with E-state index in [9.17, 15) is 9.59 Å². The van der Waals surface area contributed by atoms with E-state index in [1.807, 2.05) is 27.7 Å². The van der Waals surface area contributed by atoms with Crippen LogP contribution in [-0.4, -0.2) is 26.2 Å². The molecule has 0 aromatic carbocycles. The van der Waals surface area contributed by atoms with Crippen LogP contribution in [0.3, 0.4) is 0 Å².